The fourth-order valence-electron chi connectivity index (χ4n) is 1.35. The summed E-state index contributed by atoms with van der Waals surface area (Å²) in [5.41, 5.74) is 2.07. The van der Waals surface area contributed by atoms with E-state index >= 15 is 0 Å². The van der Waals surface area contributed by atoms with Crippen molar-refractivity contribution in [2.75, 3.05) is 25.6 Å². The molecule has 0 aliphatic rings. The summed E-state index contributed by atoms with van der Waals surface area (Å²) < 4.78 is 27.0. The van der Waals surface area contributed by atoms with Gasteiger partial charge in [0.25, 0.3) is 5.91 Å². The summed E-state index contributed by atoms with van der Waals surface area (Å²) >= 11 is 0. The fourth-order valence-corrected chi connectivity index (χ4v) is 1.35. The van der Waals surface area contributed by atoms with Crippen molar-refractivity contribution in [1.29, 1.82) is 0 Å². The van der Waals surface area contributed by atoms with Crippen LogP contribution >= 0.6 is 0 Å². The molecule has 0 bridgehead atoms. The van der Waals surface area contributed by atoms with E-state index in [9.17, 15) is 13.6 Å². The van der Waals surface area contributed by atoms with Crippen LogP contribution in [0, 0.1) is 11.6 Å². The number of carbonyl (C=O) groups is 1. The Morgan fingerprint density at radius 2 is 1.74 bits per heavy atom. The van der Waals surface area contributed by atoms with Crippen LogP contribution < -0.4 is 11.1 Å². The molecule has 0 spiro atoms. The van der Waals surface area contributed by atoms with Gasteiger partial charge in [-0.05, 0) is 12.1 Å². The average Bonchev–Trinajstić information content (AvgIpc) is 2.41. The lowest BCUT2D eigenvalue weighted by Crippen LogP contribution is -2.57. The number of hydrogen-bond donors (Lipinski definition) is 5. The Morgan fingerprint density at radius 3 is 2.21 bits per heavy atom. The van der Waals surface area contributed by atoms with Crippen LogP contribution in [0.4, 0.5) is 14.5 Å². The highest BCUT2D eigenvalue weighted by molar-refractivity contribution is 5.96. The van der Waals surface area contributed by atoms with Crippen molar-refractivity contribution in [3.63, 3.8) is 0 Å². The second-order valence-corrected chi connectivity index (χ2v) is 4.03. The van der Waals surface area contributed by atoms with E-state index in [0.717, 1.165) is 12.1 Å². The molecular formula is C11H14F2N2O4. The molecule has 0 radical (unpaired) electrons. The van der Waals surface area contributed by atoms with Crippen LogP contribution in [0.2, 0.25) is 0 Å². The number of aliphatic hydroxyl groups excluding tert-OH is 3. The van der Waals surface area contributed by atoms with Crippen LogP contribution in [0.15, 0.2) is 12.1 Å². The number of nitrogens with two attached hydrogens (primary N) is 1. The molecule has 6 N–H and O–H groups in total. The topological polar surface area (TPSA) is 116 Å². The van der Waals surface area contributed by atoms with Crippen LogP contribution in [0.3, 0.4) is 0 Å². The van der Waals surface area contributed by atoms with Crippen LogP contribution in [-0.4, -0.2) is 46.6 Å². The van der Waals surface area contributed by atoms with Crippen LogP contribution in [0.1, 0.15) is 10.4 Å². The highest BCUT2D eigenvalue weighted by Crippen LogP contribution is 2.19. The highest BCUT2D eigenvalue weighted by Gasteiger charge is 2.32. The maximum Gasteiger partial charge on any atom is 0.258 e. The molecule has 0 saturated carbocycles. The van der Waals surface area contributed by atoms with E-state index in [1.165, 1.54) is 0 Å². The Labute approximate surface area is 107 Å². The lowest BCUT2D eigenvalue weighted by atomic mass is 10.0. The number of amides is 1. The minimum Gasteiger partial charge on any atom is -0.396 e. The first-order chi connectivity index (χ1) is 8.90. The van der Waals surface area contributed by atoms with Gasteiger partial charge >= 0.3 is 0 Å². The van der Waals surface area contributed by atoms with Crippen LogP contribution in [0.25, 0.3) is 0 Å². The minimum atomic E-state index is -1.78. The maximum absolute atomic E-state index is 13.6. The Bertz CT molecular complexity index is 470. The average molecular weight is 276 g/mol. The molecule has 6 nitrogen and oxygen atoms in total. The van der Waals surface area contributed by atoms with Gasteiger partial charge in [-0.3, -0.25) is 4.79 Å². The lowest BCUT2D eigenvalue weighted by molar-refractivity contribution is 0.0371. The molecule has 19 heavy (non-hydrogen) atoms. The number of rotatable bonds is 5. The molecule has 0 aliphatic heterocycles. The molecular weight excluding hydrogens is 262 g/mol. The number of halogens is 2. The molecule has 1 rings (SSSR count). The molecule has 0 atom stereocenters. The molecule has 8 heteroatoms. The Hall–Kier alpha value is -1.77. The Morgan fingerprint density at radius 1 is 1.21 bits per heavy atom. The number of carbonyl (C=O) groups excluding carboxylic acids is 1. The predicted molar refractivity (Wildman–Crippen MR) is 62.2 cm³/mol. The molecule has 1 amide bonds. The molecule has 106 valence electrons. The standard InChI is InChI=1S/C11H14F2N2O4/c12-6-1-2-7(14)9(13)8(6)10(19)15-11(3-16,4-17)5-18/h1-2,16-18H,3-5,14H2,(H,15,19). The number of benzene rings is 1. The minimum absolute atomic E-state index is 0.422. The summed E-state index contributed by atoms with van der Waals surface area (Å²) in [4.78, 5) is 11.8. The summed E-state index contributed by atoms with van der Waals surface area (Å²) in [5, 5.41) is 29.0. The number of anilines is 1. The van der Waals surface area contributed by atoms with Gasteiger partial charge in [-0.2, -0.15) is 0 Å². The van der Waals surface area contributed by atoms with E-state index < -0.39 is 54.2 Å². The van der Waals surface area contributed by atoms with E-state index in [1.807, 2.05) is 5.32 Å². The van der Waals surface area contributed by atoms with Gasteiger partial charge < -0.3 is 26.4 Å². The first kappa shape index (κ1) is 15.3. The number of hydrogen-bond acceptors (Lipinski definition) is 5. The van der Waals surface area contributed by atoms with Gasteiger partial charge in [0.2, 0.25) is 0 Å². The van der Waals surface area contributed by atoms with E-state index in [4.69, 9.17) is 21.1 Å². The summed E-state index contributed by atoms with van der Waals surface area (Å²) in [5.74, 6) is -3.63. The van der Waals surface area contributed by atoms with Gasteiger partial charge in [-0.1, -0.05) is 0 Å². The van der Waals surface area contributed by atoms with E-state index in [0.29, 0.717) is 0 Å². The van der Waals surface area contributed by atoms with E-state index in [-0.39, 0.29) is 0 Å². The molecule has 0 fully saturated rings. The van der Waals surface area contributed by atoms with Crippen molar-refractivity contribution in [3.8, 4) is 0 Å². The SMILES string of the molecule is Nc1ccc(F)c(C(=O)NC(CO)(CO)CO)c1F. The molecule has 0 heterocycles. The van der Waals surface area contributed by atoms with Crippen molar-refractivity contribution >= 4 is 11.6 Å². The van der Waals surface area contributed by atoms with Gasteiger partial charge in [0.15, 0.2) is 5.82 Å². The molecule has 0 saturated heterocycles. The molecule has 0 aliphatic carbocycles. The van der Waals surface area contributed by atoms with Crippen LogP contribution in [0.5, 0.6) is 0 Å². The lowest BCUT2D eigenvalue weighted by Gasteiger charge is -2.28. The zero-order valence-corrected chi connectivity index (χ0v) is 9.86. The first-order valence-corrected chi connectivity index (χ1v) is 5.29. The molecule has 0 unspecified atom stereocenters. The van der Waals surface area contributed by atoms with Crippen molar-refractivity contribution in [2.45, 2.75) is 5.54 Å². The molecule has 0 aromatic heterocycles. The maximum atomic E-state index is 13.6. The number of nitrogens with one attached hydrogen (secondary N) is 1. The third-order valence-electron chi connectivity index (χ3n) is 2.63. The summed E-state index contributed by atoms with van der Waals surface area (Å²) in [7, 11) is 0. The third kappa shape index (κ3) is 2.98. The number of nitrogen functional groups attached to an aromatic ring is 1. The number of aliphatic hydroxyl groups is 3. The smallest absolute Gasteiger partial charge is 0.258 e. The van der Waals surface area contributed by atoms with Gasteiger partial charge in [0, 0.05) is 0 Å². The van der Waals surface area contributed by atoms with E-state index in [2.05, 4.69) is 0 Å². The zero-order chi connectivity index (χ0) is 14.6. The van der Waals surface area contributed by atoms with Gasteiger partial charge in [0.05, 0.1) is 25.5 Å². The molecule has 1 aromatic rings. The predicted octanol–water partition coefficient (Wildman–Crippen LogP) is -1.01. The Kier molecular flexibility index (Phi) is 4.76. The second kappa shape index (κ2) is 5.91. The third-order valence-corrected chi connectivity index (χ3v) is 2.63. The Balaban J connectivity index is 3.11. The molecule has 1 aromatic carbocycles. The first-order valence-electron chi connectivity index (χ1n) is 5.29. The van der Waals surface area contributed by atoms with Crippen molar-refractivity contribution < 1.29 is 28.9 Å². The van der Waals surface area contributed by atoms with Crippen molar-refractivity contribution in [2.24, 2.45) is 0 Å². The van der Waals surface area contributed by atoms with Gasteiger partial charge in [-0.15, -0.1) is 0 Å². The summed E-state index contributed by atoms with van der Waals surface area (Å²) in [6.07, 6.45) is 0. The normalized spacial score (nSPS) is 11.4. The quantitative estimate of drug-likeness (QED) is 0.442. The monoisotopic (exact) mass is 276 g/mol. The van der Waals surface area contributed by atoms with Crippen molar-refractivity contribution in [3.05, 3.63) is 29.3 Å². The van der Waals surface area contributed by atoms with Gasteiger partial charge in [-0.25, -0.2) is 8.78 Å². The van der Waals surface area contributed by atoms with Crippen LogP contribution in [-0.2, 0) is 0 Å². The van der Waals surface area contributed by atoms with E-state index in [1.54, 1.807) is 0 Å². The van der Waals surface area contributed by atoms with Crippen molar-refractivity contribution in [1.82, 2.24) is 5.32 Å². The summed E-state index contributed by atoms with van der Waals surface area (Å²) in [6, 6.07) is 1.77. The largest absolute Gasteiger partial charge is 0.396 e. The summed E-state index contributed by atoms with van der Waals surface area (Å²) in [6.45, 7) is -2.42. The second-order valence-electron chi connectivity index (χ2n) is 4.03. The fraction of sp³-hybridized carbons (Fsp3) is 0.364. The van der Waals surface area contributed by atoms with Gasteiger partial charge in [0.1, 0.15) is 16.9 Å². The zero-order valence-electron chi connectivity index (χ0n) is 9.86. The highest BCUT2D eigenvalue weighted by atomic mass is 19.1.